The van der Waals surface area contributed by atoms with Crippen LogP contribution in [0.4, 0.5) is 29.3 Å². The van der Waals surface area contributed by atoms with Gasteiger partial charge in [-0.15, -0.1) is 0 Å². The minimum atomic E-state index is -4.58. The minimum absolute atomic E-state index is 0.0891. The van der Waals surface area contributed by atoms with E-state index in [4.69, 9.17) is 0 Å². The van der Waals surface area contributed by atoms with Gasteiger partial charge >= 0.3 is 12.2 Å². The first-order valence-corrected chi connectivity index (χ1v) is 12.1. The highest BCUT2D eigenvalue weighted by atomic mass is 32.2. The first-order chi connectivity index (χ1) is 16.4. The van der Waals surface area contributed by atoms with Crippen molar-refractivity contribution in [2.45, 2.75) is 43.3 Å². The second-order valence-corrected chi connectivity index (χ2v) is 9.59. The van der Waals surface area contributed by atoms with E-state index in [1.165, 1.54) is 24.3 Å². The molecular formula is C24H23F3N4O3S. The molecule has 1 saturated carbocycles. The molecule has 0 heterocycles. The molecule has 0 aliphatic heterocycles. The van der Waals surface area contributed by atoms with Crippen LogP contribution in [0.1, 0.15) is 37.8 Å². The Kier molecular flexibility index (Phi) is 7.38. The van der Waals surface area contributed by atoms with Crippen molar-refractivity contribution in [3.8, 4) is 6.07 Å². The maximum absolute atomic E-state index is 13.0. The smallest absolute Gasteiger partial charge is 0.308 e. The zero-order valence-electron chi connectivity index (χ0n) is 18.9. The van der Waals surface area contributed by atoms with Crippen molar-refractivity contribution in [3.05, 3.63) is 71.8 Å². The summed E-state index contributed by atoms with van der Waals surface area (Å²) in [7, 11) is -4.07. The van der Waals surface area contributed by atoms with Crippen LogP contribution in [-0.4, -0.2) is 20.0 Å². The van der Waals surface area contributed by atoms with Gasteiger partial charge in [-0.2, -0.15) is 23.2 Å². The summed E-state index contributed by atoms with van der Waals surface area (Å²) in [6.45, 7) is 3.55. The van der Waals surface area contributed by atoms with Crippen molar-refractivity contribution in [1.82, 2.24) is 4.72 Å². The summed E-state index contributed by atoms with van der Waals surface area (Å²) in [6, 6.07) is 9.33. The normalized spacial score (nSPS) is 15.5. The van der Waals surface area contributed by atoms with E-state index in [0.717, 1.165) is 18.2 Å². The fourth-order valence-electron chi connectivity index (χ4n) is 3.30. The molecule has 0 aromatic heterocycles. The molecule has 11 heteroatoms. The second kappa shape index (κ2) is 9.93. The van der Waals surface area contributed by atoms with Crippen LogP contribution < -0.4 is 15.4 Å². The molecule has 2 amide bonds. The zero-order chi connectivity index (χ0) is 25.9. The monoisotopic (exact) mass is 504 g/mol. The quantitative estimate of drug-likeness (QED) is 0.422. The first kappa shape index (κ1) is 26.0. The number of nitrogens with zero attached hydrogens (tertiary/aromatic N) is 1. The van der Waals surface area contributed by atoms with Crippen molar-refractivity contribution in [2.75, 3.05) is 10.6 Å². The Morgan fingerprint density at radius 3 is 2.40 bits per heavy atom. The van der Waals surface area contributed by atoms with Gasteiger partial charge < -0.3 is 10.6 Å². The molecule has 0 saturated heterocycles. The van der Waals surface area contributed by atoms with Crippen molar-refractivity contribution in [1.29, 1.82) is 5.26 Å². The molecule has 0 radical (unpaired) electrons. The van der Waals surface area contributed by atoms with Crippen LogP contribution in [0.3, 0.4) is 0 Å². The van der Waals surface area contributed by atoms with E-state index in [1.54, 1.807) is 32.1 Å². The van der Waals surface area contributed by atoms with Crippen LogP contribution in [-0.2, 0) is 16.2 Å². The number of benzene rings is 2. The third-order valence-electron chi connectivity index (χ3n) is 5.26. The molecule has 1 aliphatic rings. The Bertz CT molecular complexity index is 1340. The SMILES string of the molecule is CC=CC(=CC)c1ccc(S(=O)(=O)NC2(C#N)CC2)cc1NC(=O)Nc1cccc(C(F)(F)F)c1. The Balaban J connectivity index is 1.94. The van der Waals surface area contributed by atoms with Crippen LogP contribution in [0.2, 0.25) is 0 Å². The number of carbonyl (C=O) groups excluding carboxylic acids is 1. The average molecular weight is 505 g/mol. The summed E-state index contributed by atoms with van der Waals surface area (Å²) in [5, 5.41) is 14.1. The van der Waals surface area contributed by atoms with Crippen LogP contribution in [0.15, 0.2) is 65.6 Å². The highest BCUT2D eigenvalue weighted by molar-refractivity contribution is 7.89. The van der Waals surface area contributed by atoms with Crippen molar-refractivity contribution < 1.29 is 26.4 Å². The van der Waals surface area contributed by atoms with Gasteiger partial charge in [0.2, 0.25) is 10.0 Å². The number of halogens is 3. The fourth-order valence-corrected chi connectivity index (χ4v) is 4.70. The predicted molar refractivity (Wildman–Crippen MR) is 127 cm³/mol. The topological polar surface area (TPSA) is 111 Å². The van der Waals surface area contributed by atoms with Crippen molar-refractivity contribution >= 4 is 33.0 Å². The third-order valence-corrected chi connectivity index (χ3v) is 6.79. The Labute approximate surface area is 201 Å². The number of amides is 2. The first-order valence-electron chi connectivity index (χ1n) is 10.6. The molecule has 1 fully saturated rings. The number of hydrogen-bond acceptors (Lipinski definition) is 4. The van der Waals surface area contributed by atoms with E-state index < -0.39 is 33.3 Å². The van der Waals surface area contributed by atoms with Crippen LogP contribution in [0.25, 0.3) is 5.57 Å². The number of urea groups is 1. The van der Waals surface area contributed by atoms with Gasteiger partial charge in [-0.25, -0.2) is 13.2 Å². The Morgan fingerprint density at radius 2 is 1.83 bits per heavy atom. The Hall–Kier alpha value is -3.62. The van der Waals surface area contributed by atoms with Gasteiger partial charge in [0.25, 0.3) is 0 Å². The molecule has 1 aliphatic carbocycles. The standard InChI is InChI=1S/C24H23F3N4O3S/c1-3-6-16(4-2)20-10-9-19(35(33,34)31-23(15-28)11-12-23)14-21(20)30-22(32)29-18-8-5-7-17(13-18)24(25,26)27/h3-10,13-14,31H,11-12H2,1-2H3,(H2,29,30,32). The number of rotatable bonds is 7. The number of anilines is 2. The van der Waals surface area contributed by atoms with Crippen molar-refractivity contribution in [2.24, 2.45) is 0 Å². The molecule has 0 spiro atoms. The molecule has 2 aromatic rings. The number of nitrogens with one attached hydrogen (secondary N) is 3. The summed E-state index contributed by atoms with van der Waals surface area (Å²) in [6.07, 6.45) is 1.49. The molecule has 3 rings (SSSR count). The number of allylic oxidation sites excluding steroid dienone is 4. The van der Waals surface area contributed by atoms with Gasteiger partial charge in [0.1, 0.15) is 5.54 Å². The highest BCUT2D eigenvalue weighted by Crippen LogP contribution is 2.37. The minimum Gasteiger partial charge on any atom is -0.308 e. The molecular weight excluding hydrogens is 481 g/mol. The van der Waals surface area contributed by atoms with E-state index in [0.29, 0.717) is 24.0 Å². The number of carbonyl (C=O) groups is 1. The summed E-state index contributed by atoms with van der Waals surface area (Å²) >= 11 is 0. The number of hydrogen-bond donors (Lipinski definition) is 3. The van der Waals surface area contributed by atoms with Gasteiger partial charge in [0.05, 0.1) is 22.2 Å². The van der Waals surface area contributed by atoms with Crippen LogP contribution >= 0.6 is 0 Å². The molecule has 7 nitrogen and oxygen atoms in total. The Morgan fingerprint density at radius 1 is 1.11 bits per heavy atom. The van der Waals surface area contributed by atoms with Crippen molar-refractivity contribution in [3.63, 3.8) is 0 Å². The van der Waals surface area contributed by atoms with E-state index in [1.807, 2.05) is 6.07 Å². The third kappa shape index (κ3) is 6.29. The number of alkyl halides is 3. The molecule has 0 bridgehead atoms. The maximum Gasteiger partial charge on any atom is 0.416 e. The fraction of sp³-hybridized carbons (Fsp3) is 0.250. The molecule has 0 unspecified atom stereocenters. The summed E-state index contributed by atoms with van der Waals surface area (Å²) in [5.41, 5.74) is -0.865. The lowest BCUT2D eigenvalue weighted by molar-refractivity contribution is -0.137. The second-order valence-electron chi connectivity index (χ2n) is 7.91. The number of nitriles is 1. The van der Waals surface area contributed by atoms with Gasteiger partial charge in [0.15, 0.2) is 0 Å². The van der Waals surface area contributed by atoms with Gasteiger partial charge in [-0.3, -0.25) is 0 Å². The predicted octanol–water partition coefficient (Wildman–Crippen LogP) is 5.66. The van der Waals surface area contributed by atoms with Gasteiger partial charge in [-0.05, 0) is 62.6 Å². The molecule has 35 heavy (non-hydrogen) atoms. The van der Waals surface area contributed by atoms with E-state index in [-0.39, 0.29) is 16.3 Å². The lowest BCUT2D eigenvalue weighted by Crippen LogP contribution is -2.35. The largest absolute Gasteiger partial charge is 0.416 e. The average Bonchev–Trinajstić information content (AvgIpc) is 3.56. The summed E-state index contributed by atoms with van der Waals surface area (Å²) < 4.78 is 67.1. The maximum atomic E-state index is 13.0. The van der Waals surface area contributed by atoms with Gasteiger partial charge in [0, 0.05) is 11.3 Å². The molecule has 2 aromatic carbocycles. The van der Waals surface area contributed by atoms with E-state index in [2.05, 4.69) is 15.4 Å². The molecule has 3 N–H and O–H groups in total. The van der Waals surface area contributed by atoms with E-state index >= 15 is 0 Å². The number of sulfonamides is 1. The molecule has 0 atom stereocenters. The van der Waals surface area contributed by atoms with E-state index in [9.17, 15) is 31.6 Å². The van der Waals surface area contributed by atoms with Crippen LogP contribution in [0.5, 0.6) is 0 Å². The molecule has 184 valence electrons. The summed E-state index contributed by atoms with van der Waals surface area (Å²) in [5.74, 6) is 0. The van der Waals surface area contributed by atoms with Gasteiger partial charge in [-0.1, -0.05) is 30.4 Å². The highest BCUT2D eigenvalue weighted by Gasteiger charge is 2.46. The zero-order valence-corrected chi connectivity index (χ0v) is 19.7. The lowest BCUT2D eigenvalue weighted by atomic mass is 10.0. The summed E-state index contributed by atoms with van der Waals surface area (Å²) in [4.78, 5) is 12.5. The lowest BCUT2D eigenvalue weighted by Gasteiger charge is -2.16. The van der Waals surface area contributed by atoms with Crippen LogP contribution in [0, 0.1) is 11.3 Å².